The normalized spacial score (nSPS) is 11.1. The molecule has 0 aliphatic rings. The van der Waals surface area contributed by atoms with Crippen LogP contribution in [0.2, 0.25) is 0 Å². The number of carbonyl (C=O) groups is 1. The smallest absolute Gasteiger partial charge is 0.268 e. The molecule has 0 unspecified atom stereocenters. The maximum atomic E-state index is 12.1. The van der Waals surface area contributed by atoms with Gasteiger partial charge < -0.3 is 4.42 Å². The lowest BCUT2D eigenvalue weighted by Crippen LogP contribution is -2.13. The fourth-order valence-electron chi connectivity index (χ4n) is 1.98. The van der Waals surface area contributed by atoms with Crippen LogP contribution in [0, 0.1) is 11.3 Å². The van der Waals surface area contributed by atoms with Crippen LogP contribution < -0.4 is 5.32 Å². The summed E-state index contributed by atoms with van der Waals surface area (Å²) in [7, 11) is 0. The maximum absolute atomic E-state index is 12.1. The summed E-state index contributed by atoms with van der Waals surface area (Å²) >= 11 is 4.75. The zero-order chi connectivity index (χ0) is 16.9. The van der Waals surface area contributed by atoms with Gasteiger partial charge in [0.2, 0.25) is 0 Å². The van der Waals surface area contributed by atoms with E-state index in [1.54, 1.807) is 23.7 Å². The van der Waals surface area contributed by atoms with E-state index in [1.165, 1.54) is 17.4 Å². The number of furan rings is 1. The summed E-state index contributed by atoms with van der Waals surface area (Å²) in [5.74, 6) is 0.546. The first-order chi connectivity index (χ1) is 11.7. The molecule has 0 atom stereocenters. The second-order valence-corrected chi connectivity index (χ2v) is 6.39. The van der Waals surface area contributed by atoms with Gasteiger partial charge in [0.15, 0.2) is 5.13 Å². The SMILES string of the molecule is N#C/C(=C/c1ccc(-c2ccccc2Br)o1)C(=O)Nc1nccs1. The number of nitrogens with one attached hydrogen (secondary N) is 1. The van der Waals surface area contributed by atoms with Crippen molar-refractivity contribution < 1.29 is 9.21 Å². The number of halogens is 1. The molecule has 24 heavy (non-hydrogen) atoms. The van der Waals surface area contributed by atoms with Crippen molar-refractivity contribution in [1.29, 1.82) is 5.26 Å². The molecule has 5 nitrogen and oxygen atoms in total. The third-order valence-electron chi connectivity index (χ3n) is 3.07. The number of anilines is 1. The Balaban J connectivity index is 1.83. The average molecular weight is 400 g/mol. The van der Waals surface area contributed by atoms with E-state index in [9.17, 15) is 10.1 Å². The summed E-state index contributed by atoms with van der Waals surface area (Å²) in [6, 6.07) is 13.0. The lowest BCUT2D eigenvalue weighted by Gasteiger charge is -2.00. The van der Waals surface area contributed by atoms with Crippen LogP contribution in [0.3, 0.4) is 0 Å². The van der Waals surface area contributed by atoms with Gasteiger partial charge in [-0.05, 0) is 18.2 Å². The first kappa shape index (κ1) is 16.2. The van der Waals surface area contributed by atoms with Crippen molar-refractivity contribution in [1.82, 2.24) is 4.98 Å². The largest absolute Gasteiger partial charge is 0.457 e. The Morgan fingerprint density at radius 2 is 2.17 bits per heavy atom. The minimum atomic E-state index is -0.522. The van der Waals surface area contributed by atoms with Crippen LogP contribution in [-0.2, 0) is 4.79 Å². The number of thiazole rings is 1. The topological polar surface area (TPSA) is 78.9 Å². The standard InChI is InChI=1S/C17H10BrN3O2S/c18-14-4-2-1-3-13(14)15-6-5-12(23-15)9-11(10-19)16(22)21-17-20-7-8-24-17/h1-9H,(H,20,21,22)/b11-9-. The molecule has 3 aromatic rings. The van der Waals surface area contributed by atoms with Crippen LogP contribution in [0.5, 0.6) is 0 Å². The van der Waals surface area contributed by atoms with E-state index in [1.807, 2.05) is 30.3 Å². The lowest BCUT2D eigenvalue weighted by atomic mass is 10.2. The molecule has 0 saturated heterocycles. The summed E-state index contributed by atoms with van der Waals surface area (Å²) in [5.41, 5.74) is 0.834. The van der Waals surface area contributed by atoms with Crippen LogP contribution in [0.4, 0.5) is 5.13 Å². The molecular formula is C17H10BrN3O2S. The highest BCUT2D eigenvalue weighted by molar-refractivity contribution is 9.10. The zero-order valence-corrected chi connectivity index (χ0v) is 14.6. The predicted octanol–water partition coefficient (Wildman–Crippen LogP) is 4.71. The number of aromatic nitrogens is 1. The molecule has 0 fully saturated rings. The number of hydrogen-bond donors (Lipinski definition) is 1. The first-order valence-electron chi connectivity index (χ1n) is 6.85. The van der Waals surface area contributed by atoms with Crippen LogP contribution in [0.25, 0.3) is 17.4 Å². The van der Waals surface area contributed by atoms with Crippen molar-refractivity contribution in [3.8, 4) is 17.4 Å². The molecule has 1 amide bonds. The molecule has 0 spiro atoms. The monoisotopic (exact) mass is 399 g/mol. The van der Waals surface area contributed by atoms with Crippen LogP contribution in [0.15, 0.2) is 62.4 Å². The molecular weight excluding hydrogens is 390 g/mol. The van der Waals surface area contributed by atoms with E-state index in [0.717, 1.165) is 10.0 Å². The predicted molar refractivity (Wildman–Crippen MR) is 96.2 cm³/mol. The number of amides is 1. The molecule has 2 heterocycles. The molecule has 0 aliphatic carbocycles. The van der Waals surface area contributed by atoms with Gasteiger partial charge in [-0.2, -0.15) is 5.26 Å². The van der Waals surface area contributed by atoms with Gasteiger partial charge in [-0.3, -0.25) is 10.1 Å². The van der Waals surface area contributed by atoms with Gasteiger partial charge in [0.25, 0.3) is 5.91 Å². The Labute approximate surface area is 150 Å². The number of carbonyl (C=O) groups excluding carboxylic acids is 1. The molecule has 0 radical (unpaired) electrons. The molecule has 1 aromatic carbocycles. The van der Waals surface area contributed by atoms with Crippen LogP contribution >= 0.6 is 27.3 Å². The van der Waals surface area contributed by atoms with Gasteiger partial charge in [0.1, 0.15) is 23.2 Å². The van der Waals surface area contributed by atoms with Crippen molar-refractivity contribution in [2.24, 2.45) is 0 Å². The molecule has 3 rings (SSSR count). The Kier molecular flexibility index (Phi) is 4.89. The molecule has 118 valence electrons. The maximum Gasteiger partial charge on any atom is 0.268 e. The van der Waals surface area contributed by atoms with E-state index in [4.69, 9.17) is 4.42 Å². The number of rotatable bonds is 4. The summed E-state index contributed by atoms with van der Waals surface area (Å²) in [5, 5.41) is 14.0. The van der Waals surface area contributed by atoms with Gasteiger partial charge in [0, 0.05) is 27.7 Å². The lowest BCUT2D eigenvalue weighted by molar-refractivity contribution is -0.112. The van der Waals surface area contributed by atoms with Crippen molar-refractivity contribution >= 4 is 44.4 Å². The van der Waals surface area contributed by atoms with E-state index in [0.29, 0.717) is 16.7 Å². The summed E-state index contributed by atoms with van der Waals surface area (Å²) in [6.07, 6.45) is 2.98. The van der Waals surface area contributed by atoms with E-state index in [2.05, 4.69) is 26.2 Å². The van der Waals surface area contributed by atoms with Crippen molar-refractivity contribution in [3.63, 3.8) is 0 Å². The first-order valence-corrected chi connectivity index (χ1v) is 8.52. The Hall–Kier alpha value is -2.69. The Bertz CT molecular complexity index is 939. The number of nitrogens with zero attached hydrogens (tertiary/aromatic N) is 2. The van der Waals surface area contributed by atoms with Gasteiger partial charge in [-0.1, -0.05) is 34.1 Å². The fourth-order valence-corrected chi connectivity index (χ4v) is 2.98. The van der Waals surface area contributed by atoms with Crippen LogP contribution in [-0.4, -0.2) is 10.9 Å². The van der Waals surface area contributed by atoms with Gasteiger partial charge >= 0.3 is 0 Å². The van der Waals surface area contributed by atoms with Crippen molar-refractivity contribution in [3.05, 3.63) is 63.8 Å². The highest BCUT2D eigenvalue weighted by Crippen LogP contribution is 2.30. The molecule has 7 heteroatoms. The highest BCUT2D eigenvalue weighted by Gasteiger charge is 2.13. The highest BCUT2D eigenvalue weighted by atomic mass is 79.9. The number of nitriles is 1. The summed E-state index contributed by atoms with van der Waals surface area (Å²) in [6.45, 7) is 0. The van der Waals surface area contributed by atoms with Gasteiger partial charge in [-0.15, -0.1) is 11.3 Å². The molecule has 1 N–H and O–H groups in total. The minimum absolute atomic E-state index is 0.0572. The summed E-state index contributed by atoms with van der Waals surface area (Å²) < 4.78 is 6.62. The van der Waals surface area contributed by atoms with Gasteiger partial charge in [-0.25, -0.2) is 4.98 Å². The van der Waals surface area contributed by atoms with Crippen LogP contribution in [0.1, 0.15) is 5.76 Å². The van der Waals surface area contributed by atoms with Gasteiger partial charge in [0.05, 0.1) is 0 Å². The second kappa shape index (κ2) is 7.25. The molecule has 2 aromatic heterocycles. The third-order valence-corrected chi connectivity index (χ3v) is 4.45. The van der Waals surface area contributed by atoms with Crippen molar-refractivity contribution in [2.75, 3.05) is 5.32 Å². The Morgan fingerprint density at radius 1 is 1.33 bits per heavy atom. The fraction of sp³-hybridized carbons (Fsp3) is 0. The quantitative estimate of drug-likeness (QED) is 0.508. The number of hydrogen-bond acceptors (Lipinski definition) is 5. The molecule has 0 bridgehead atoms. The average Bonchev–Trinajstić information content (AvgIpc) is 3.24. The molecule has 0 aliphatic heterocycles. The van der Waals surface area contributed by atoms with E-state index in [-0.39, 0.29) is 5.57 Å². The summed E-state index contributed by atoms with van der Waals surface area (Å²) in [4.78, 5) is 16.0. The third kappa shape index (κ3) is 3.62. The van der Waals surface area contributed by atoms with E-state index >= 15 is 0 Å². The minimum Gasteiger partial charge on any atom is -0.457 e. The van der Waals surface area contributed by atoms with Crippen molar-refractivity contribution in [2.45, 2.75) is 0 Å². The second-order valence-electron chi connectivity index (χ2n) is 4.64. The Morgan fingerprint density at radius 3 is 2.88 bits per heavy atom. The van der Waals surface area contributed by atoms with E-state index < -0.39 is 5.91 Å². The number of benzene rings is 1. The molecule has 0 saturated carbocycles. The zero-order valence-electron chi connectivity index (χ0n) is 12.2.